The van der Waals surface area contributed by atoms with Gasteiger partial charge in [-0.3, -0.25) is 4.57 Å². The van der Waals surface area contributed by atoms with E-state index in [1.165, 1.54) is 53.9 Å². The average molecular weight is 594 g/mol. The molecule has 0 saturated heterocycles. The quantitative estimate of drug-likeness (QED) is 0.200. The lowest BCUT2D eigenvalue weighted by Crippen LogP contribution is -2.14. The largest absolute Gasteiger partial charge is 0.278 e. The zero-order valence-corrected chi connectivity index (χ0v) is 25.7. The summed E-state index contributed by atoms with van der Waals surface area (Å²) in [5.74, 6) is 0.701. The predicted molar refractivity (Wildman–Crippen MR) is 190 cm³/mol. The summed E-state index contributed by atoms with van der Waals surface area (Å²) in [6.45, 7) is 4.66. The van der Waals surface area contributed by atoms with E-state index in [1.54, 1.807) is 11.3 Å². The van der Waals surface area contributed by atoms with Gasteiger partial charge < -0.3 is 0 Å². The number of aromatic nitrogens is 3. The molecule has 3 heterocycles. The van der Waals surface area contributed by atoms with Crippen LogP contribution in [0.1, 0.15) is 25.0 Å². The van der Waals surface area contributed by atoms with E-state index >= 15 is 0 Å². The minimum absolute atomic E-state index is 0.0442. The zero-order chi connectivity index (χ0) is 29.9. The van der Waals surface area contributed by atoms with Gasteiger partial charge in [0.2, 0.25) is 5.95 Å². The van der Waals surface area contributed by atoms with Crippen molar-refractivity contribution in [3.05, 3.63) is 139 Å². The number of para-hydroxylation sites is 1. The summed E-state index contributed by atoms with van der Waals surface area (Å²) >= 11 is 1.74. The minimum atomic E-state index is -0.0442. The van der Waals surface area contributed by atoms with E-state index in [0.29, 0.717) is 5.95 Å². The molecule has 9 aromatic rings. The highest BCUT2D eigenvalue weighted by atomic mass is 32.1. The third kappa shape index (κ3) is 3.40. The second kappa shape index (κ2) is 8.87. The van der Waals surface area contributed by atoms with Crippen LogP contribution < -0.4 is 0 Å². The first kappa shape index (κ1) is 25.1. The highest BCUT2D eigenvalue weighted by molar-refractivity contribution is 7.25. The molecule has 0 bridgehead atoms. The molecule has 3 nitrogen and oxygen atoms in total. The van der Waals surface area contributed by atoms with Crippen molar-refractivity contribution in [3.8, 4) is 28.3 Å². The van der Waals surface area contributed by atoms with Gasteiger partial charge in [-0.2, -0.15) is 0 Å². The summed E-state index contributed by atoms with van der Waals surface area (Å²) in [7, 11) is 0. The molecule has 0 fully saturated rings. The zero-order valence-electron chi connectivity index (χ0n) is 24.9. The van der Waals surface area contributed by atoms with Crippen LogP contribution in [0.15, 0.2) is 127 Å². The summed E-state index contributed by atoms with van der Waals surface area (Å²) in [5, 5.41) is 7.18. The van der Waals surface area contributed by atoms with Crippen molar-refractivity contribution >= 4 is 64.2 Å². The summed E-state index contributed by atoms with van der Waals surface area (Å²) in [6, 6.07) is 46.2. The van der Waals surface area contributed by atoms with E-state index < -0.39 is 0 Å². The van der Waals surface area contributed by atoms with Crippen LogP contribution in [0.4, 0.5) is 0 Å². The lowest BCUT2D eigenvalue weighted by atomic mass is 9.82. The second-order valence-electron chi connectivity index (χ2n) is 12.7. The highest BCUT2D eigenvalue weighted by Crippen LogP contribution is 2.50. The molecule has 0 spiro atoms. The monoisotopic (exact) mass is 593 g/mol. The Kier molecular flexibility index (Phi) is 4.94. The number of rotatable bonds is 2. The lowest BCUT2D eigenvalue weighted by Gasteiger charge is -2.21. The summed E-state index contributed by atoms with van der Waals surface area (Å²) < 4.78 is 3.48. The van der Waals surface area contributed by atoms with Crippen LogP contribution in [0, 0.1) is 0 Å². The van der Waals surface area contributed by atoms with E-state index in [0.717, 1.165) is 32.5 Å². The number of nitrogens with zero attached hydrogens (tertiary/aromatic N) is 3. The molecule has 0 saturated carbocycles. The molecule has 0 N–H and O–H groups in total. The van der Waals surface area contributed by atoms with Gasteiger partial charge in [-0.15, -0.1) is 11.3 Å². The molecule has 10 rings (SSSR count). The summed E-state index contributed by atoms with van der Waals surface area (Å²) in [6.07, 6.45) is 0. The first-order valence-electron chi connectivity index (χ1n) is 15.4. The fourth-order valence-electron chi connectivity index (χ4n) is 7.66. The van der Waals surface area contributed by atoms with Gasteiger partial charge >= 0.3 is 0 Å². The van der Waals surface area contributed by atoms with Crippen molar-refractivity contribution in [2.75, 3.05) is 0 Å². The van der Waals surface area contributed by atoms with Crippen LogP contribution in [0.25, 0.3) is 81.2 Å². The molecule has 0 aliphatic heterocycles. The summed E-state index contributed by atoms with van der Waals surface area (Å²) in [4.78, 5) is 11.8. The number of fused-ring (bicyclic) bond motifs is 10. The van der Waals surface area contributed by atoms with Gasteiger partial charge in [0.05, 0.1) is 16.7 Å². The van der Waals surface area contributed by atoms with E-state index in [2.05, 4.69) is 146 Å². The molecule has 0 atom stereocenters. The Morgan fingerprint density at radius 1 is 0.578 bits per heavy atom. The molecule has 0 radical (unpaired) electrons. The van der Waals surface area contributed by atoms with Crippen LogP contribution in [-0.4, -0.2) is 14.5 Å². The second-order valence-corrected chi connectivity index (χ2v) is 13.7. The predicted octanol–water partition coefficient (Wildman–Crippen LogP) is 11.1. The Labute approximate surface area is 264 Å². The van der Waals surface area contributed by atoms with Crippen LogP contribution >= 0.6 is 11.3 Å². The van der Waals surface area contributed by atoms with Gasteiger partial charge in [-0.1, -0.05) is 111 Å². The van der Waals surface area contributed by atoms with Crippen LogP contribution in [0.2, 0.25) is 0 Å². The average Bonchev–Trinajstić information content (AvgIpc) is 3.68. The third-order valence-electron chi connectivity index (χ3n) is 9.82. The standard InChI is InChI=1S/C41H27N3S/c1-41(2)32-16-8-5-13-27(32)30-22-26(19-20-33(30)41)38-37-29-15-7-10-18-36(29)45-39(37)43-40(42-38)44-34-17-9-6-14-28(34)31-21-24-11-3-4-12-25(24)23-35(31)44/h3-23H,1-2H3. The molecule has 0 amide bonds. The van der Waals surface area contributed by atoms with Gasteiger partial charge in [0, 0.05) is 37.2 Å². The summed E-state index contributed by atoms with van der Waals surface area (Å²) in [5.41, 5.74) is 9.63. The van der Waals surface area contributed by atoms with Gasteiger partial charge in [-0.25, -0.2) is 9.97 Å². The van der Waals surface area contributed by atoms with Crippen molar-refractivity contribution in [1.29, 1.82) is 0 Å². The van der Waals surface area contributed by atoms with Crippen LogP contribution in [-0.2, 0) is 5.41 Å². The maximum atomic E-state index is 5.49. The molecule has 1 aliphatic rings. The van der Waals surface area contributed by atoms with E-state index in [9.17, 15) is 0 Å². The number of thiophene rings is 1. The van der Waals surface area contributed by atoms with Crippen molar-refractivity contribution in [3.63, 3.8) is 0 Å². The molecular formula is C41H27N3S. The molecule has 1 aliphatic carbocycles. The van der Waals surface area contributed by atoms with Crippen molar-refractivity contribution < 1.29 is 0 Å². The van der Waals surface area contributed by atoms with Gasteiger partial charge in [0.1, 0.15) is 4.83 Å². The first-order chi connectivity index (χ1) is 22.1. The van der Waals surface area contributed by atoms with E-state index in [1.807, 2.05) is 0 Å². The fourth-order valence-corrected chi connectivity index (χ4v) is 8.73. The SMILES string of the molecule is CC1(C)c2ccccc2-c2cc(-c3nc(-n4c5ccccc5c5cc6ccccc6cc54)nc4sc5ccccc5c34)ccc21. The molecule has 212 valence electrons. The molecule has 3 aromatic heterocycles. The Morgan fingerprint density at radius 3 is 2.18 bits per heavy atom. The maximum absolute atomic E-state index is 5.49. The lowest BCUT2D eigenvalue weighted by molar-refractivity contribution is 0.660. The number of hydrogen-bond donors (Lipinski definition) is 0. The Balaban J connectivity index is 1.31. The Hall–Kier alpha value is -5.32. The third-order valence-corrected chi connectivity index (χ3v) is 10.9. The van der Waals surface area contributed by atoms with Crippen molar-refractivity contribution in [2.45, 2.75) is 19.3 Å². The normalized spacial score (nSPS) is 13.7. The van der Waals surface area contributed by atoms with Gasteiger partial charge in [-0.05, 0) is 63.4 Å². The van der Waals surface area contributed by atoms with E-state index in [4.69, 9.17) is 9.97 Å². The first-order valence-corrected chi connectivity index (χ1v) is 16.2. The molecule has 0 unspecified atom stereocenters. The fraction of sp³-hybridized carbons (Fsp3) is 0.0732. The topological polar surface area (TPSA) is 30.7 Å². The molecule has 6 aromatic carbocycles. The number of benzene rings is 6. The van der Waals surface area contributed by atoms with Gasteiger partial charge in [0.25, 0.3) is 0 Å². The van der Waals surface area contributed by atoms with Crippen LogP contribution in [0.5, 0.6) is 0 Å². The molecule has 45 heavy (non-hydrogen) atoms. The Bertz CT molecular complexity index is 2690. The Morgan fingerprint density at radius 2 is 1.29 bits per heavy atom. The smallest absolute Gasteiger partial charge is 0.236 e. The van der Waals surface area contributed by atoms with Crippen LogP contribution in [0.3, 0.4) is 0 Å². The highest BCUT2D eigenvalue weighted by Gasteiger charge is 2.35. The van der Waals surface area contributed by atoms with Crippen molar-refractivity contribution in [1.82, 2.24) is 14.5 Å². The van der Waals surface area contributed by atoms with Crippen molar-refractivity contribution in [2.24, 2.45) is 0 Å². The maximum Gasteiger partial charge on any atom is 0.236 e. The number of hydrogen-bond acceptors (Lipinski definition) is 3. The van der Waals surface area contributed by atoms with Gasteiger partial charge in [0.15, 0.2) is 0 Å². The van der Waals surface area contributed by atoms with E-state index in [-0.39, 0.29) is 5.41 Å². The molecular weight excluding hydrogens is 567 g/mol. The minimum Gasteiger partial charge on any atom is -0.278 e. The molecule has 4 heteroatoms.